The van der Waals surface area contributed by atoms with E-state index in [1.54, 1.807) is 10.9 Å². The number of primary amides is 1. The Morgan fingerprint density at radius 2 is 2.07 bits per heavy atom. The van der Waals surface area contributed by atoms with Crippen LogP contribution in [0.15, 0.2) is 47.7 Å². The van der Waals surface area contributed by atoms with Gasteiger partial charge in [-0.25, -0.2) is 0 Å². The molecule has 0 bridgehead atoms. The van der Waals surface area contributed by atoms with Gasteiger partial charge in [0.15, 0.2) is 0 Å². The first-order valence-corrected chi connectivity index (χ1v) is 10.4. The Morgan fingerprint density at radius 3 is 2.60 bits per heavy atom. The molecule has 2 aliphatic heterocycles. The second-order valence-electron chi connectivity index (χ2n) is 7.82. The summed E-state index contributed by atoms with van der Waals surface area (Å²) in [6.07, 6.45) is 12.0. The summed E-state index contributed by atoms with van der Waals surface area (Å²) >= 11 is 0. The molecule has 164 valence electrons. The molecule has 2 fully saturated rings. The van der Waals surface area contributed by atoms with Crippen molar-refractivity contribution < 1.29 is 14.6 Å². The van der Waals surface area contributed by atoms with Gasteiger partial charge in [-0.05, 0) is 55.2 Å². The molecule has 1 aromatic carbocycles. The van der Waals surface area contributed by atoms with E-state index in [2.05, 4.69) is 16.2 Å². The smallest absolute Gasteiger partial charge is 0.220 e. The van der Waals surface area contributed by atoms with Crippen LogP contribution in [-0.2, 0) is 23.0 Å². The van der Waals surface area contributed by atoms with Crippen LogP contribution in [0.2, 0.25) is 0 Å². The van der Waals surface area contributed by atoms with Crippen molar-refractivity contribution in [3.8, 4) is 0 Å². The fourth-order valence-corrected chi connectivity index (χ4v) is 4.12. The second-order valence-corrected chi connectivity index (χ2v) is 7.82. The molecule has 7 heteroatoms. The molecule has 7 nitrogen and oxygen atoms in total. The number of carbonyl (C=O) groups is 1. The summed E-state index contributed by atoms with van der Waals surface area (Å²) in [6.45, 7) is 1.74. The number of aliphatic hydroxyl groups excluding tert-OH is 1. The molecule has 3 heterocycles. The number of fused-ring (bicyclic) bond motifs is 1. The fourth-order valence-electron chi connectivity index (χ4n) is 4.12. The molecule has 5 rings (SSSR count). The third-order valence-corrected chi connectivity index (χ3v) is 5.68. The number of benzene rings is 1. The van der Waals surface area contributed by atoms with E-state index in [1.165, 1.54) is 12.0 Å². The molecule has 1 saturated carbocycles. The van der Waals surface area contributed by atoms with Gasteiger partial charge in [0, 0.05) is 51.7 Å². The summed E-state index contributed by atoms with van der Waals surface area (Å²) in [7, 11) is 2.89. The minimum absolute atomic E-state index is 0.113. The summed E-state index contributed by atoms with van der Waals surface area (Å²) in [5, 5.41) is 10.8. The number of hydrogen-bond donors (Lipinski definition) is 2. The molecular weight excluding hydrogens is 380 g/mol. The Labute approximate surface area is 179 Å². The van der Waals surface area contributed by atoms with Gasteiger partial charge in [-0.3, -0.25) is 14.5 Å². The van der Waals surface area contributed by atoms with Crippen LogP contribution in [0, 0.1) is 11.3 Å². The lowest BCUT2D eigenvalue weighted by Gasteiger charge is -2.33. The summed E-state index contributed by atoms with van der Waals surface area (Å²) in [6, 6.07) is 10.1. The normalized spacial score (nSPS) is 23.2. The number of aliphatic imine (C=N–C) groups is 1. The third kappa shape index (κ3) is 7.07. The van der Waals surface area contributed by atoms with Crippen LogP contribution in [0.1, 0.15) is 37.7 Å². The highest BCUT2D eigenvalue weighted by molar-refractivity contribution is 5.77. The lowest BCUT2D eigenvalue weighted by molar-refractivity contribution is -0.122. The van der Waals surface area contributed by atoms with E-state index >= 15 is 0 Å². The largest absolute Gasteiger partial charge is 0.400 e. The van der Waals surface area contributed by atoms with Gasteiger partial charge in [0.25, 0.3) is 0 Å². The molecule has 2 atom stereocenters. The lowest BCUT2D eigenvalue weighted by atomic mass is 9.80. The van der Waals surface area contributed by atoms with E-state index in [1.807, 2.05) is 43.7 Å². The molecule has 0 radical (unpaired) electrons. The van der Waals surface area contributed by atoms with Gasteiger partial charge in [0.1, 0.15) is 0 Å². The van der Waals surface area contributed by atoms with Crippen LogP contribution in [-0.4, -0.2) is 47.3 Å². The molecule has 1 unspecified atom stereocenters. The molecule has 3 aliphatic rings. The van der Waals surface area contributed by atoms with Gasteiger partial charge >= 0.3 is 0 Å². The number of amides is 1. The molecular formula is C23H34N4O3. The van der Waals surface area contributed by atoms with Crippen molar-refractivity contribution in [2.45, 2.75) is 38.5 Å². The number of carbonyl (C=O) groups excluding carboxylic acids is 1. The first-order chi connectivity index (χ1) is 14.6. The van der Waals surface area contributed by atoms with Gasteiger partial charge in [-0.15, -0.1) is 0 Å². The fraction of sp³-hybridized carbons (Fsp3) is 0.522. The Kier molecular flexibility index (Phi) is 9.70. The van der Waals surface area contributed by atoms with Crippen LogP contribution in [0.4, 0.5) is 5.69 Å². The van der Waals surface area contributed by atoms with Crippen molar-refractivity contribution >= 4 is 17.8 Å². The van der Waals surface area contributed by atoms with Crippen molar-refractivity contribution in [3.63, 3.8) is 0 Å². The maximum atomic E-state index is 11.0. The number of nitrogens with zero attached hydrogens (tertiary/aromatic N) is 3. The first kappa shape index (κ1) is 23.8. The predicted molar refractivity (Wildman–Crippen MR) is 119 cm³/mol. The number of aliphatic hydroxyl groups is 1. The minimum atomic E-state index is -0.123. The van der Waals surface area contributed by atoms with E-state index in [-0.39, 0.29) is 11.8 Å². The summed E-state index contributed by atoms with van der Waals surface area (Å²) in [4.78, 5) is 15.2. The number of aryl methyl sites for hydroxylation is 1. The molecule has 1 aliphatic carbocycles. The van der Waals surface area contributed by atoms with Crippen LogP contribution in [0.3, 0.4) is 0 Å². The third-order valence-electron chi connectivity index (χ3n) is 5.68. The number of ether oxygens (including phenoxy) is 1. The Bertz CT molecular complexity index is 784. The molecule has 30 heavy (non-hydrogen) atoms. The van der Waals surface area contributed by atoms with Gasteiger partial charge in [0.2, 0.25) is 5.91 Å². The highest BCUT2D eigenvalue weighted by Crippen LogP contribution is 2.46. The average Bonchev–Trinajstić information content (AvgIpc) is 3.53. The quantitative estimate of drug-likeness (QED) is 0.748. The number of hydrogen-bond acceptors (Lipinski definition) is 5. The Morgan fingerprint density at radius 1 is 1.27 bits per heavy atom. The van der Waals surface area contributed by atoms with Crippen LogP contribution in [0.5, 0.6) is 0 Å². The molecule has 2 aromatic rings. The Hall–Kier alpha value is -2.51. The molecule has 1 saturated heterocycles. The lowest BCUT2D eigenvalue weighted by Crippen LogP contribution is -2.30. The maximum absolute atomic E-state index is 11.0. The zero-order valence-corrected chi connectivity index (χ0v) is 18.0. The van der Waals surface area contributed by atoms with Gasteiger partial charge in [-0.2, -0.15) is 5.10 Å². The van der Waals surface area contributed by atoms with E-state index < -0.39 is 0 Å². The minimum Gasteiger partial charge on any atom is -0.400 e. The van der Waals surface area contributed by atoms with E-state index in [0.29, 0.717) is 5.41 Å². The SMILES string of the molecule is C1=Nc2ccccc2C1.CO.Cn1cccn1.NC(=O)C1CC[C@@]2(CCCOC2)C1. The van der Waals surface area contributed by atoms with E-state index in [0.717, 1.165) is 58.1 Å². The predicted octanol–water partition coefficient (Wildman–Crippen LogP) is 3.04. The number of aromatic nitrogens is 2. The van der Waals surface area contributed by atoms with E-state index in [4.69, 9.17) is 15.6 Å². The van der Waals surface area contributed by atoms with Gasteiger partial charge in [0.05, 0.1) is 12.3 Å². The van der Waals surface area contributed by atoms with Crippen LogP contribution < -0.4 is 5.73 Å². The Balaban J connectivity index is 0.000000164. The van der Waals surface area contributed by atoms with Crippen molar-refractivity contribution in [1.82, 2.24) is 9.78 Å². The highest BCUT2D eigenvalue weighted by atomic mass is 16.5. The highest BCUT2D eigenvalue weighted by Gasteiger charge is 2.42. The summed E-state index contributed by atoms with van der Waals surface area (Å²) < 4.78 is 7.23. The molecule has 1 amide bonds. The average molecular weight is 415 g/mol. The zero-order valence-electron chi connectivity index (χ0n) is 18.0. The molecule has 1 aromatic heterocycles. The van der Waals surface area contributed by atoms with Crippen LogP contribution >= 0.6 is 0 Å². The monoisotopic (exact) mass is 414 g/mol. The van der Waals surface area contributed by atoms with Gasteiger partial charge < -0.3 is 15.6 Å². The van der Waals surface area contributed by atoms with Gasteiger partial charge in [-0.1, -0.05) is 18.2 Å². The van der Waals surface area contributed by atoms with Crippen LogP contribution in [0.25, 0.3) is 0 Å². The summed E-state index contributed by atoms with van der Waals surface area (Å²) in [5.74, 6) is -0.0100. The molecule has 3 N–H and O–H groups in total. The van der Waals surface area contributed by atoms with Crippen molar-refractivity contribution in [2.75, 3.05) is 20.3 Å². The number of para-hydroxylation sites is 1. The maximum Gasteiger partial charge on any atom is 0.220 e. The topological polar surface area (TPSA) is 103 Å². The van der Waals surface area contributed by atoms with Crippen molar-refractivity contribution in [2.24, 2.45) is 29.1 Å². The second kappa shape index (κ2) is 12.2. The van der Waals surface area contributed by atoms with E-state index in [9.17, 15) is 4.79 Å². The number of nitrogens with two attached hydrogens (primary N) is 1. The number of rotatable bonds is 1. The van der Waals surface area contributed by atoms with Crippen molar-refractivity contribution in [1.29, 1.82) is 0 Å². The van der Waals surface area contributed by atoms with Crippen molar-refractivity contribution in [3.05, 3.63) is 48.3 Å². The molecule has 1 spiro atoms. The summed E-state index contributed by atoms with van der Waals surface area (Å²) in [5.41, 5.74) is 8.09. The zero-order chi connectivity index (χ0) is 21.8. The standard InChI is InChI=1S/C10H17NO2.C8H7N.C4H6N2.CH4O/c11-9(12)8-2-4-10(6-8)3-1-5-13-7-10;1-2-4-8-7(3-1)5-6-9-8;1-6-4-2-3-5-6;1-2/h8H,1-7H2,(H2,11,12);1-4,6H,5H2;2-4H,1H3;2H,1H3/t8?,10-;;;/m0.../s1. The first-order valence-electron chi connectivity index (χ1n) is 10.4.